The molecule has 1 atom stereocenters. The molecule has 2 aromatic carbocycles. The van der Waals surface area contributed by atoms with Crippen molar-refractivity contribution in [1.29, 1.82) is 0 Å². The third-order valence-electron chi connectivity index (χ3n) is 4.04. The molecule has 0 aromatic heterocycles. The number of hydrogen-bond acceptors (Lipinski definition) is 2. The molecular formula is C19H23NO. The summed E-state index contributed by atoms with van der Waals surface area (Å²) in [6.45, 7) is 3.08. The Kier molecular flexibility index (Phi) is 4.44. The number of nitrogens with one attached hydrogen (secondary N) is 1. The van der Waals surface area contributed by atoms with Crippen LogP contribution in [0, 0.1) is 0 Å². The molecule has 2 nitrogen and oxygen atoms in total. The molecule has 0 aliphatic carbocycles. The Morgan fingerprint density at radius 1 is 1.10 bits per heavy atom. The molecule has 2 aromatic rings. The monoisotopic (exact) mass is 281 g/mol. The van der Waals surface area contributed by atoms with E-state index in [0.717, 1.165) is 31.6 Å². The number of aryl methyl sites for hydroxylation is 2. The first-order chi connectivity index (χ1) is 10.3. The van der Waals surface area contributed by atoms with E-state index in [-0.39, 0.29) is 6.10 Å². The van der Waals surface area contributed by atoms with Crippen LogP contribution >= 0.6 is 0 Å². The number of rotatable bonds is 4. The van der Waals surface area contributed by atoms with E-state index >= 15 is 0 Å². The van der Waals surface area contributed by atoms with Crippen molar-refractivity contribution in [3.05, 3.63) is 59.7 Å². The van der Waals surface area contributed by atoms with Crippen molar-refractivity contribution in [2.24, 2.45) is 0 Å². The molecule has 0 radical (unpaired) electrons. The highest BCUT2D eigenvalue weighted by Crippen LogP contribution is 2.23. The lowest BCUT2D eigenvalue weighted by Gasteiger charge is -2.17. The van der Waals surface area contributed by atoms with Gasteiger partial charge < -0.3 is 10.1 Å². The Labute approximate surface area is 127 Å². The van der Waals surface area contributed by atoms with Gasteiger partial charge in [0.15, 0.2) is 0 Å². The van der Waals surface area contributed by atoms with Crippen LogP contribution in [0.3, 0.4) is 0 Å². The molecule has 0 fully saturated rings. The molecule has 0 spiro atoms. The molecule has 0 bridgehead atoms. The lowest BCUT2D eigenvalue weighted by Crippen LogP contribution is -2.24. The van der Waals surface area contributed by atoms with Crippen molar-refractivity contribution in [3.8, 4) is 5.75 Å². The minimum absolute atomic E-state index is 0.231. The maximum absolute atomic E-state index is 6.14. The van der Waals surface area contributed by atoms with Gasteiger partial charge in [-0.2, -0.15) is 0 Å². The van der Waals surface area contributed by atoms with E-state index in [4.69, 9.17) is 4.74 Å². The van der Waals surface area contributed by atoms with Gasteiger partial charge in [0.25, 0.3) is 0 Å². The van der Waals surface area contributed by atoms with E-state index in [2.05, 4.69) is 60.8 Å². The highest BCUT2D eigenvalue weighted by molar-refractivity contribution is 5.52. The summed E-state index contributed by atoms with van der Waals surface area (Å²) < 4.78 is 6.14. The van der Waals surface area contributed by atoms with E-state index in [1.165, 1.54) is 23.2 Å². The predicted molar refractivity (Wildman–Crippen MR) is 88.1 cm³/mol. The fourth-order valence-corrected chi connectivity index (χ4v) is 2.87. The fourth-order valence-electron chi connectivity index (χ4n) is 2.87. The van der Waals surface area contributed by atoms with Crippen molar-refractivity contribution in [2.45, 2.75) is 38.7 Å². The standard InChI is InChI=1S/C19H23NO/c1-2-5-15-8-11-17(12-9-15)21-18-13-10-16-6-3-4-7-19(16)20-14-18/h3-4,6-9,11-12,18,20H,2,5,10,13-14H2,1H3. The number of fused-ring (bicyclic) bond motifs is 1. The maximum atomic E-state index is 6.14. The van der Waals surface area contributed by atoms with Crippen LogP contribution in [0.5, 0.6) is 5.75 Å². The molecule has 1 N–H and O–H groups in total. The average Bonchev–Trinajstić information content (AvgIpc) is 2.72. The molecule has 1 heterocycles. The van der Waals surface area contributed by atoms with Crippen LogP contribution < -0.4 is 10.1 Å². The van der Waals surface area contributed by atoms with Gasteiger partial charge in [-0.1, -0.05) is 43.7 Å². The summed E-state index contributed by atoms with van der Waals surface area (Å²) in [6.07, 6.45) is 4.68. The lowest BCUT2D eigenvalue weighted by molar-refractivity contribution is 0.206. The molecule has 2 heteroatoms. The normalized spacial score (nSPS) is 17.5. The Morgan fingerprint density at radius 3 is 2.71 bits per heavy atom. The Balaban J connectivity index is 1.61. The van der Waals surface area contributed by atoms with Gasteiger partial charge in [0, 0.05) is 5.69 Å². The molecule has 21 heavy (non-hydrogen) atoms. The molecule has 0 amide bonds. The van der Waals surface area contributed by atoms with Gasteiger partial charge >= 0.3 is 0 Å². The van der Waals surface area contributed by atoms with E-state index in [1.54, 1.807) is 0 Å². The average molecular weight is 281 g/mol. The predicted octanol–water partition coefficient (Wildman–Crippen LogP) is 4.44. The number of hydrogen-bond donors (Lipinski definition) is 1. The first-order valence-corrected chi connectivity index (χ1v) is 7.92. The second kappa shape index (κ2) is 6.66. The van der Waals surface area contributed by atoms with Gasteiger partial charge in [-0.3, -0.25) is 0 Å². The summed E-state index contributed by atoms with van der Waals surface area (Å²) in [6, 6.07) is 17.1. The molecule has 0 saturated heterocycles. The van der Waals surface area contributed by atoms with E-state index < -0.39 is 0 Å². The zero-order valence-corrected chi connectivity index (χ0v) is 12.6. The Bertz CT molecular complexity index is 549. The summed E-state index contributed by atoms with van der Waals surface area (Å²) in [5.41, 5.74) is 4.03. The minimum Gasteiger partial charge on any atom is -0.489 e. The smallest absolute Gasteiger partial charge is 0.119 e. The van der Waals surface area contributed by atoms with Crippen LogP contribution in [-0.2, 0) is 12.8 Å². The second-order valence-electron chi connectivity index (χ2n) is 5.71. The van der Waals surface area contributed by atoms with Crippen LogP contribution in [0.25, 0.3) is 0 Å². The van der Waals surface area contributed by atoms with Crippen molar-refractivity contribution in [3.63, 3.8) is 0 Å². The maximum Gasteiger partial charge on any atom is 0.119 e. The molecule has 1 unspecified atom stereocenters. The van der Waals surface area contributed by atoms with E-state index in [9.17, 15) is 0 Å². The summed E-state index contributed by atoms with van der Waals surface area (Å²) in [7, 11) is 0. The highest BCUT2D eigenvalue weighted by Gasteiger charge is 2.16. The van der Waals surface area contributed by atoms with Crippen molar-refractivity contribution < 1.29 is 4.74 Å². The van der Waals surface area contributed by atoms with Crippen LogP contribution in [-0.4, -0.2) is 12.6 Å². The summed E-state index contributed by atoms with van der Waals surface area (Å²) in [5, 5.41) is 3.50. The first-order valence-electron chi connectivity index (χ1n) is 7.92. The first kappa shape index (κ1) is 14.0. The van der Waals surface area contributed by atoms with Crippen molar-refractivity contribution in [1.82, 2.24) is 0 Å². The highest BCUT2D eigenvalue weighted by atomic mass is 16.5. The van der Waals surface area contributed by atoms with Gasteiger partial charge in [0.1, 0.15) is 11.9 Å². The molecule has 0 saturated carbocycles. The number of ether oxygens (including phenoxy) is 1. The third-order valence-corrected chi connectivity index (χ3v) is 4.04. The Morgan fingerprint density at radius 2 is 1.90 bits per heavy atom. The van der Waals surface area contributed by atoms with Crippen molar-refractivity contribution >= 4 is 5.69 Å². The molecule has 3 rings (SSSR count). The van der Waals surface area contributed by atoms with Crippen LogP contribution in [0.15, 0.2) is 48.5 Å². The zero-order chi connectivity index (χ0) is 14.5. The van der Waals surface area contributed by atoms with Gasteiger partial charge in [-0.15, -0.1) is 0 Å². The van der Waals surface area contributed by atoms with Gasteiger partial charge in [0.2, 0.25) is 0 Å². The summed E-state index contributed by atoms with van der Waals surface area (Å²) in [4.78, 5) is 0. The SMILES string of the molecule is CCCc1ccc(OC2CCc3ccccc3NC2)cc1. The fraction of sp³-hybridized carbons (Fsp3) is 0.368. The van der Waals surface area contributed by atoms with Crippen LogP contribution in [0.1, 0.15) is 30.9 Å². The second-order valence-corrected chi connectivity index (χ2v) is 5.71. The number of benzene rings is 2. The van der Waals surface area contributed by atoms with Gasteiger partial charge in [0.05, 0.1) is 6.54 Å². The third kappa shape index (κ3) is 3.57. The zero-order valence-electron chi connectivity index (χ0n) is 12.6. The quantitative estimate of drug-likeness (QED) is 0.894. The van der Waals surface area contributed by atoms with E-state index in [0.29, 0.717) is 0 Å². The van der Waals surface area contributed by atoms with Crippen molar-refractivity contribution in [2.75, 3.05) is 11.9 Å². The molecule has 110 valence electrons. The van der Waals surface area contributed by atoms with Gasteiger partial charge in [-0.25, -0.2) is 0 Å². The number of anilines is 1. The summed E-state index contributed by atoms with van der Waals surface area (Å²) in [5.74, 6) is 0.979. The van der Waals surface area contributed by atoms with Gasteiger partial charge in [-0.05, 0) is 48.6 Å². The largest absolute Gasteiger partial charge is 0.489 e. The summed E-state index contributed by atoms with van der Waals surface area (Å²) >= 11 is 0. The molecular weight excluding hydrogens is 258 g/mol. The molecule has 1 aliphatic rings. The van der Waals surface area contributed by atoms with Crippen LogP contribution in [0.2, 0.25) is 0 Å². The topological polar surface area (TPSA) is 21.3 Å². The minimum atomic E-state index is 0.231. The lowest BCUT2D eigenvalue weighted by atomic mass is 10.1. The van der Waals surface area contributed by atoms with E-state index in [1.807, 2.05) is 0 Å². The molecule has 1 aliphatic heterocycles. The van der Waals surface area contributed by atoms with Crippen LogP contribution in [0.4, 0.5) is 5.69 Å². The number of para-hydroxylation sites is 1. The Hall–Kier alpha value is -1.96.